The van der Waals surface area contributed by atoms with Crippen LogP contribution in [0, 0.1) is 0 Å². The summed E-state index contributed by atoms with van der Waals surface area (Å²) in [6.07, 6.45) is 3.11. The molecule has 0 spiro atoms. The minimum atomic E-state index is -0.0947. The molecule has 0 saturated carbocycles. The molecule has 0 heterocycles. The third-order valence-electron chi connectivity index (χ3n) is 0.760. The first-order valence-corrected chi connectivity index (χ1v) is 2.37. The third-order valence-corrected chi connectivity index (χ3v) is 0.760. The van der Waals surface area contributed by atoms with Gasteiger partial charge in [0.25, 0.3) is 0 Å². The van der Waals surface area contributed by atoms with Crippen LogP contribution in [0.2, 0.25) is 0 Å². The van der Waals surface area contributed by atoms with Crippen molar-refractivity contribution in [3.63, 3.8) is 0 Å². The van der Waals surface area contributed by atoms with E-state index in [0.29, 0.717) is 5.57 Å². The lowest BCUT2D eigenvalue weighted by Gasteiger charge is -1.92. The van der Waals surface area contributed by atoms with E-state index in [2.05, 4.69) is 6.58 Å². The van der Waals surface area contributed by atoms with E-state index in [1.165, 1.54) is 6.08 Å². The first kappa shape index (κ1) is 7.40. The molecule has 0 saturated heterocycles. The van der Waals surface area contributed by atoms with Crippen LogP contribution in [0.25, 0.3) is 0 Å². The highest BCUT2D eigenvalue weighted by molar-refractivity contribution is 5.10. The van der Waals surface area contributed by atoms with Gasteiger partial charge in [-0.05, 0) is 5.57 Å². The predicted molar refractivity (Wildman–Crippen MR) is 32.5 cm³/mol. The Morgan fingerprint density at radius 2 is 1.88 bits per heavy atom. The summed E-state index contributed by atoms with van der Waals surface area (Å²) in [5.41, 5.74) is 0.583. The Balaban J connectivity index is 3.66. The van der Waals surface area contributed by atoms with Gasteiger partial charge in [-0.3, -0.25) is 0 Å². The second kappa shape index (κ2) is 4.56. The molecule has 0 unspecified atom stereocenters. The van der Waals surface area contributed by atoms with E-state index in [1.54, 1.807) is 6.08 Å². The minimum Gasteiger partial charge on any atom is -0.392 e. The number of rotatable bonds is 3. The van der Waals surface area contributed by atoms with Crippen molar-refractivity contribution in [2.45, 2.75) is 0 Å². The molecular weight excluding hydrogens is 104 g/mol. The first-order valence-electron chi connectivity index (χ1n) is 2.37. The SMILES string of the molecule is C=CC=C(CO)CO. The van der Waals surface area contributed by atoms with Crippen LogP contribution < -0.4 is 0 Å². The van der Waals surface area contributed by atoms with Crippen molar-refractivity contribution in [1.82, 2.24) is 0 Å². The molecule has 0 radical (unpaired) electrons. The highest BCUT2D eigenvalue weighted by Crippen LogP contribution is 1.88. The van der Waals surface area contributed by atoms with Gasteiger partial charge in [0.05, 0.1) is 13.2 Å². The average Bonchev–Trinajstić information content (AvgIpc) is 1.83. The Labute approximate surface area is 48.8 Å². The molecule has 0 aromatic carbocycles. The monoisotopic (exact) mass is 114 g/mol. The van der Waals surface area contributed by atoms with Gasteiger partial charge in [-0.2, -0.15) is 0 Å². The van der Waals surface area contributed by atoms with Crippen LogP contribution >= 0.6 is 0 Å². The molecule has 0 atom stereocenters. The Bertz CT molecular complexity index is 88.7. The van der Waals surface area contributed by atoms with Crippen molar-refractivity contribution in [3.8, 4) is 0 Å². The Hall–Kier alpha value is -0.600. The van der Waals surface area contributed by atoms with Gasteiger partial charge in [-0.15, -0.1) is 0 Å². The van der Waals surface area contributed by atoms with Gasteiger partial charge in [0.2, 0.25) is 0 Å². The lowest BCUT2D eigenvalue weighted by Crippen LogP contribution is -1.94. The second-order valence-electron chi connectivity index (χ2n) is 1.38. The van der Waals surface area contributed by atoms with Crippen molar-refractivity contribution in [2.75, 3.05) is 13.2 Å². The van der Waals surface area contributed by atoms with Crippen LogP contribution in [0.15, 0.2) is 24.3 Å². The van der Waals surface area contributed by atoms with Gasteiger partial charge >= 0.3 is 0 Å². The van der Waals surface area contributed by atoms with Crippen molar-refractivity contribution in [2.24, 2.45) is 0 Å². The van der Waals surface area contributed by atoms with Gasteiger partial charge in [-0.25, -0.2) is 0 Å². The van der Waals surface area contributed by atoms with Crippen molar-refractivity contribution < 1.29 is 10.2 Å². The summed E-state index contributed by atoms with van der Waals surface area (Å²) in [6.45, 7) is 3.21. The lowest BCUT2D eigenvalue weighted by molar-refractivity contribution is 0.276. The standard InChI is InChI=1S/C6H10O2/c1-2-3-6(4-7)5-8/h2-3,7-8H,1,4-5H2. The summed E-state index contributed by atoms with van der Waals surface area (Å²) in [5, 5.41) is 16.8. The minimum absolute atomic E-state index is 0.0947. The number of aliphatic hydroxyl groups excluding tert-OH is 2. The zero-order valence-corrected chi connectivity index (χ0v) is 4.67. The second-order valence-corrected chi connectivity index (χ2v) is 1.38. The molecule has 46 valence electrons. The topological polar surface area (TPSA) is 40.5 Å². The van der Waals surface area contributed by atoms with E-state index in [0.717, 1.165) is 0 Å². The number of hydrogen-bond donors (Lipinski definition) is 2. The average molecular weight is 114 g/mol. The fourth-order valence-electron chi connectivity index (χ4n) is 0.322. The van der Waals surface area contributed by atoms with Crippen LogP contribution in [0.5, 0.6) is 0 Å². The molecule has 0 aliphatic rings. The molecule has 2 heteroatoms. The molecule has 0 aliphatic heterocycles. The number of hydrogen-bond acceptors (Lipinski definition) is 2. The van der Waals surface area contributed by atoms with E-state index in [4.69, 9.17) is 10.2 Å². The summed E-state index contributed by atoms with van der Waals surface area (Å²) in [5.74, 6) is 0. The number of allylic oxidation sites excluding steroid dienone is 2. The van der Waals surface area contributed by atoms with Gasteiger partial charge in [0, 0.05) is 0 Å². The summed E-state index contributed by atoms with van der Waals surface area (Å²) in [7, 11) is 0. The van der Waals surface area contributed by atoms with E-state index in [9.17, 15) is 0 Å². The Kier molecular flexibility index (Phi) is 4.21. The summed E-state index contributed by atoms with van der Waals surface area (Å²) in [4.78, 5) is 0. The highest BCUT2D eigenvalue weighted by Gasteiger charge is 1.86. The van der Waals surface area contributed by atoms with Crippen LogP contribution in [-0.4, -0.2) is 23.4 Å². The molecular formula is C6H10O2. The third kappa shape index (κ3) is 2.55. The molecule has 8 heavy (non-hydrogen) atoms. The highest BCUT2D eigenvalue weighted by atomic mass is 16.3. The quantitative estimate of drug-likeness (QED) is 0.510. The molecule has 0 aromatic rings. The van der Waals surface area contributed by atoms with Crippen LogP contribution in [0.4, 0.5) is 0 Å². The van der Waals surface area contributed by atoms with Gasteiger partial charge in [-0.1, -0.05) is 18.7 Å². The molecule has 0 amide bonds. The van der Waals surface area contributed by atoms with Crippen LogP contribution in [0.1, 0.15) is 0 Å². The molecule has 0 bridgehead atoms. The fraction of sp³-hybridized carbons (Fsp3) is 0.333. The Morgan fingerprint density at radius 1 is 1.38 bits per heavy atom. The largest absolute Gasteiger partial charge is 0.392 e. The van der Waals surface area contributed by atoms with E-state index >= 15 is 0 Å². The normalized spacial score (nSPS) is 8.25. The Morgan fingerprint density at radius 3 is 2.00 bits per heavy atom. The summed E-state index contributed by atoms with van der Waals surface area (Å²) < 4.78 is 0. The summed E-state index contributed by atoms with van der Waals surface area (Å²) >= 11 is 0. The molecule has 0 aromatic heterocycles. The van der Waals surface area contributed by atoms with Gasteiger partial charge in [0.1, 0.15) is 0 Å². The molecule has 0 aliphatic carbocycles. The number of aliphatic hydroxyl groups is 2. The zero-order chi connectivity index (χ0) is 6.41. The van der Waals surface area contributed by atoms with E-state index in [-0.39, 0.29) is 13.2 Å². The molecule has 2 N–H and O–H groups in total. The molecule has 0 fully saturated rings. The van der Waals surface area contributed by atoms with Crippen LogP contribution in [0.3, 0.4) is 0 Å². The first-order chi connectivity index (χ1) is 3.85. The van der Waals surface area contributed by atoms with Crippen LogP contribution in [-0.2, 0) is 0 Å². The van der Waals surface area contributed by atoms with Gasteiger partial charge in [0.15, 0.2) is 0 Å². The van der Waals surface area contributed by atoms with Crippen molar-refractivity contribution in [1.29, 1.82) is 0 Å². The maximum atomic E-state index is 8.38. The zero-order valence-electron chi connectivity index (χ0n) is 4.67. The van der Waals surface area contributed by atoms with Gasteiger partial charge < -0.3 is 10.2 Å². The maximum Gasteiger partial charge on any atom is 0.0666 e. The van der Waals surface area contributed by atoms with E-state index in [1.807, 2.05) is 0 Å². The molecule has 2 nitrogen and oxygen atoms in total. The predicted octanol–water partition coefficient (Wildman–Crippen LogP) is 0.0834. The molecule has 0 rings (SSSR count). The lowest BCUT2D eigenvalue weighted by atomic mass is 10.3. The van der Waals surface area contributed by atoms with Crippen molar-refractivity contribution >= 4 is 0 Å². The smallest absolute Gasteiger partial charge is 0.0666 e. The maximum absolute atomic E-state index is 8.38. The fourth-order valence-corrected chi connectivity index (χ4v) is 0.322. The van der Waals surface area contributed by atoms with Crippen molar-refractivity contribution in [3.05, 3.63) is 24.3 Å². The van der Waals surface area contributed by atoms with E-state index < -0.39 is 0 Å². The summed E-state index contributed by atoms with van der Waals surface area (Å²) in [6, 6.07) is 0.